The molecule has 1 unspecified atom stereocenters. The molecular formula is C21H23Cl2N3O4S. The van der Waals surface area contributed by atoms with Gasteiger partial charge in [-0.15, -0.1) is 0 Å². The summed E-state index contributed by atoms with van der Waals surface area (Å²) in [6.07, 6.45) is 2.25. The SMILES string of the molecule is CSCCC(NC(=O)c1ccc(Cl)cc1Cl)C(=O)NNC(=O)COc1cccc(C)c1. The zero-order valence-electron chi connectivity index (χ0n) is 17.0. The first-order chi connectivity index (χ1) is 14.8. The maximum Gasteiger partial charge on any atom is 0.276 e. The van der Waals surface area contributed by atoms with Gasteiger partial charge in [-0.1, -0.05) is 35.3 Å². The molecule has 0 aliphatic carbocycles. The van der Waals surface area contributed by atoms with Crippen molar-refractivity contribution in [3.8, 4) is 5.75 Å². The van der Waals surface area contributed by atoms with Gasteiger partial charge in [-0.05, 0) is 61.2 Å². The summed E-state index contributed by atoms with van der Waals surface area (Å²) in [6, 6.07) is 10.8. The molecule has 2 rings (SSSR count). The number of hydrogen-bond donors (Lipinski definition) is 3. The third kappa shape index (κ3) is 8.32. The van der Waals surface area contributed by atoms with Gasteiger partial charge >= 0.3 is 0 Å². The number of ether oxygens (including phenoxy) is 1. The van der Waals surface area contributed by atoms with E-state index in [9.17, 15) is 14.4 Å². The standard InChI is InChI=1S/C21H23Cl2N3O4S/c1-13-4-3-5-15(10-13)30-12-19(27)25-26-21(29)18(8-9-31-2)24-20(28)16-7-6-14(22)11-17(16)23/h3-7,10-11,18H,8-9,12H2,1-2H3,(H,24,28)(H,25,27)(H,26,29). The monoisotopic (exact) mass is 483 g/mol. The summed E-state index contributed by atoms with van der Waals surface area (Å²) >= 11 is 13.4. The molecule has 3 N–H and O–H groups in total. The molecule has 10 heteroatoms. The molecule has 0 aliphatic rings. The Morgan fingerprint density at radius 3 is 2.55 bits per heavy atom. The summed E-state index contributed by atoms with van der Waals surface area (Å²) in [4.78, 5) is 37.1. The molecule has 0 saturated heterocycles. The Labute approximate surface area is 195 Å². The number of hydrogen-bond acceptors (Lipinski definition) is 5. The Morgan fingerprint density at radius 2 is 1.87 bits per heavy atom. The fourth-order valence-corrected chi connectivity index (χ4v) is 3.49. The maximum absolute atomic E-state index is 12.5. The van der Waals surface area contributed by atoms with Crippen molar-refractivity contribution in [3.63, 3.8) is 0 Å². The summed E-state index contributed by atoms with van der Waals surface area (Å²) < 4.78 is 5.39. The van der Waals surface area contributed by atoms with Crippen LogP contribution in [-0.2, 0) is 9.59 Å². The van der Waals surface area contributed by atoms with Crippen LogP contribution >= 0.6 is 35.0 Å². The van der Waals surface area contributed by atoms with Crippen molar-refractivity contribution in [2.45, 2.75) is 19.4 Å². The second-order valence-corrected chi connectivity index (χ2v) is 8.40. The average molecular weight is 484 g/mol. The minimum absolute atomic E-state index is 0.177. The Kier molecular flexibility index (Phi) is 9.97. The summed E-state index contributed by atoms with van der Waals surface area (Å²) in [7, 11) is 0. The highest BCUT2D eigenvalue weighted by molar-refractivity contribution is 7.98. The first-order valence-corrected chi connectivity index (χ1v) is 11.5. The molecule has 0 aliphatic heterocycles. The molecule has 166 valence electrons. The van der Waals surface area contributed by atoms with E-state index in [0.717, 1.165) is 5.56 Å². The van der Waals surface area contributed by atoms with Crippen LogP contribution in [0.2, 0.25) is 10.0 Å². The number of nitrogens with one attached hydrogen (secondary N) is 3. The number of rotatable bonds is 9. The van der Waals surface area contributed by atoms with Crippen LogP contribution in [0.4, 0.5) is 0 Å². The molecule has 2 aromatic rings. The number of benzene rings is 2. The molecule has 0 fully saturated rings. The Hall–Kier alpha value is -2.42. The molecule has 0 bridgehead atoms. The van der Waals surface area contributed by atoms with Crippen LogP contribution in [0.25, 0.3) is 0 Å². The maximum atomic E-state index is 12.5. The van der Waals surface area contributed by atoms with Crippen LogP contribution in [0.3, 0.4) is 0 Å². The van der Waals surface area contributed by atoms with Gasteiger partial charge in [0.15, 0.2) is 6.61 Å². The largest absolute Gasteiger partial charge is 0.484 e. The van der Waals surface area contributed by atoms with Crippen molar-refractivity contribution in [1.29, 1.82) is 0 Å². The van der Waals surface area contributed by atoms with Gasteiger partial charge in [0.1, 0.15) is 11.8 Å². The van der Waals surface area contributed by atoms with Gasteiger partial charge in [-0.25, -0.2) is 0 Å². The lowest BCUT2D eigenvalue weighted by molar-refractivity contribution is -0.130. The number of thioether (sulfide) groups is 1. The predicted octanol–water partition coefficient (Wildman–Crippen LogP) is 3.38. The van der Waals surface area contributed by atoms with Crippen LogP contribution in [0.15, 0.2) is 42.5 Å². The van der Waals surface area contributed by atoms with Crippen LogP contribution < -0.4 is 20.9 Å². The predicted molar refractivity (Wildman–Crippen MR) is 124 cm³/mol. The van der Waals surface area contributed by atoms with E-state index in [0.29, 0.717) is 22.9 Å². The zero-order chi connectivity index (χ0) is 22.8. The summed E-state index contributed by atoms with van der Waals surface area (Å²) in [5.41, 5.74) is 5.81. The fourth-order valence-electron chi connectivity index (χ4n) is 2.52. The Balaban J connectivity index is 1.91. The topological polar surface area (TPSA) is 96.5 Å². The highest BCUT2D eigenvalue weighted by Gasteiger charge is 2.23. The highest BCUT2D eigenvalue weighted by Crippen LogP contribution is 2.21. The van der Waals surface area contributed by atoms with Gasteiger partial charge in [0.25, 0.3) is 17.7 Å². The quantitative estimate of drug-likeness (QED) is 0.475. The van der Waals surface area contributed by atoms with Crippen molar-refractivity contribution in [3.05, 3.63) is 63.6 Å². The van der Waals surface area contributed by atoms with Crippen molar-refractivity contribution >= 4 is 52.7 Å². The average Bonchev–Trinajstić information content (AvgIpc) is 2.73. The molecule has 0 spiro atoms. The van der Waals surface area contributed by atoms with E-state index in [2.05, 4.69) is 16.2 Å². The molecule has 1 atom stereocenters. The smallest absolute Gasteiger partial charge is 0.276 e. The second kappa shape index (κ2) is 12.4. The summed E-state index contributed by atoms with van der Waals surface area (Å²) in [5, 5.41) is 3.22. The number of halogens is 2. The molecule has 3 amide bonds. The second-order valence-electron chi connectivity index (χ2n) is 6.57. The number of amides is 3. The molecule has 7 nitrogen and oxygen atoms in total. The van der Waals surface area contributed by atoms with E-state index in [4.69, 9.17) is 27.9 Å². The normalized spacial score (nSPS) is 11.4. The van der Waals surface area contributed by atoms with Gasteiger partial charge in [-0.2, -0.15) is 11.8 Å². The molecule has 0 heterocycles. The number of hydrazine groups is 1. The first-order valence-electron chi connectivity index (χ1n) is 9.33. The van der Waals surface area contributed by atoms with E-state index >= 15 is 0 Å². The van der Waals surface area contributed by atoms with Gasteiger partial charge in [0, 0.05) is 5.02 Å². The highest BCUT2D eigenvalue weighted by atomic mass is 35.5. The lowest BCUT2D eigenvalue weighted by Crippen LogP contribution is -2.53. The lowest BCUT2D eigenvalue weighted by Gasteiger charge is -2.19. The molecule has 2 aromatic carbocycles. The van der Waals surface area contributed by atoms with Crippen LogP contribution in [0.1, 0.15) is 22.3 Å². The summed E-state index contributed by atoms with van der Waals surface area (Å²) in [6.45, 7) is 1.64. The van der Waals surface area contributed by atoms with Crippen molar-refractivity contribution in [2.24, 2.45) is 0 Å². The van der Waals surface area contributed by atoms with Crippen molar-refractivity contribution in [2.75, 3.05) is 18.6 Å². The number of carbonyl (C=O) groups excluding carboxylic acids is 3. The van der Waals surface area contributed by atoms with E-state index < -0.39 is 23.8 Å². The van der Waals surface area contributed by atoms with Gasteiger partial charge in [0.05, 0.1) is 10.6 Å². The minimum atomic E-state index is -0.871. The summed E-state index contributed by atoms with van der Waals surface area (Å²) in [5.74, 6) is -0.442. The Morgan fingerprint density at radius 1 is 1.10 bits per heavy atom. The van der Waals surface area contributed by atoms with E-state index in [1.165, 1.54) is 30.0 Å². The zero-order valence-corrected chi connectivity index (χ0v) is 19.4. The molecule has 0 saturated carbocycles. The van der Waals surface area contributed by atoms with Crippen LogP contribution in [-0.4, -0.2) is 42.4 Å². The van der Waals surface area contributed by atoms with Crippen LogP contribution in [0, 0.1) is 6.92 Å². The molecular weight excluding hydrogens is 461 g/mol. The number of carbonyl (C=O) groups is 3. The van der Waals surface area contributed by atoms with Gasteiger partial charge in [-0.3, -0.25) is 25.2 Å². The van der Waals surface area contributed by atoms with E-state index in [1.807, 2.05) is 25.3 Å². The van der Waals surface area contributed by atoms with Gasteiger partial charge < -0.3 is 10.1 Å². The third-order valence-corrected chi connectivity index (χ3v) is 5.28. The van der Waals surface area contributed by atoms with Crippen molar-refractivity contribution in [1.82, 2.24) is 16.2 Å². The Bertz CT molecular complexity index is 943. The van der Waals surface area contributed by atoms with Crippen molar-refractivity contribution < 1.29 is 19.1 Å². The number of aryl methyl sites for hydroxylation is 1. The fraction of sp³-hybridized carbons (Fsp3) is 0.286. The lowest BCUT2D eigenvalue weighted by atomic mass is 10.1. The van der Waals surface area contributed by atoms with Crippen LogP contribution in [0.5, 0.6) is 5.75 Å². The third-order valence-electron chi connectivity index (χ3n) is 4.09. The van der Waals surface area contributed by atoms with E-state index in [1.54, 1.807) is 12.1 Å². The minimum Gasteiger partial charge on any atom is -0.484 e. The molecule has 31 heavy (non-hydrogen) atoms. The molecule has 0 radical (unpaired) electrons. The van der Waals surface area contributed by atoms with Gasteiger partial charge in [0.2, 0.25) is 0 Å². The van der Waals surface area contributed by atoms with E-state index in [-0.39, 0.29) is 17.2 Å². The first kappa shape index (κ1) is 24.8. The molecule has 0 aromatic heterocycles.